The number of hydrogen-bond donors (Lipinski definition) is 1. The average molecular weight is 348 g/mol. The van der Waals surface area contributed by atoms with E-state index in [9.17, 15) is 4.79 Å². The summed E-state index contributed by atoms with van der Waals surface area (Å²) in [6, 6.07) is 7.98. The zero-order valence-electron chi connectivity index (χ0n) is 15.6. The minimum absolute atomic E-state index is 0.135. The Hall–Kier alpha value is -1.75. The summed E-state index contributed by atoms with van der Waals surface area (Å²) in [5.74, 6) is 1.64. The van der Waals surface area contributed by atoms with Gasteiger partial charge in [0.15, 0.2) is 11.5 Å². The second-order valence-electron chi connectivity index (χ2n) is 6.52. The number of piperidine rings is 1. The predicted molar refractivity (Wildman–Crippen MR) is 100 cm³/mol. The van der Waals surface area contributed by atoms with Crippen molar-refractivity contribution in [3.05, 3.63) is 24.3 Å². The molecule has 0 spiro atoms. The van der Waals surface area contributed by atoms with E-state index in [0.29, 0.717) is 32.1 Å². The van der Waals surface area contributed by atoms with E-state index in [1.54, 1.807) is 0 Å². The van der Waals surface area contributed by atoms with Crippen molar-refractivity contribution in [3.63, 3.8) is 0 Å². The van der Waals surface area contributed by atoms with Crippen molar-refractivity contribution in [2.24, 2.45) is 0 Å². The molecule has 1 aromatic carbocycles. The van der Waals surface area contributed by atoms with E-state index in [2.05, 4.69) is 17.1 Å². The Morgan fingerprint density at radius 3 is 2.48 bits per heavy atom. The van der Waals surface area contributed by atoms with Gasteiger partial charge in [-0.1, -0.05) is 19.1 Å². The standard InChI is InChI=1S/C20H32N2O3/c1-3-13-22-14-11-17(12-15-22)21-20(23)10-7-16-25-19-9-6-5-8-18(19)24-4-2/h5-6,8-9,17H,3-4,7,10-16H2,1-2H3,(H,21,23). The van der Waals surface area contributed by atoms with Gasteiger partial charge in [-0.2, -0.15) is 0 Å². The average Bonchev–Trinajstić information content (AvgIpc) is 2.62. The van der Waals surface area contributed by atoms with Crippen LogP contribution in [0.4, 0.5) is 0 Å². The van der Waals surface area contributed by atoms with Gasteiger partial charge >= 0.3 is 0 Å². The lowest BCUT2D eigenvalue weighted by Crippen LogP contribution is -2.44. The lowest BCUT2D eigenvalue weighted by atomic mass is 10.0. The van der Waals surface area contributed by atoms with Crippen LogP contribution in [0.5, 0.6) is 11.5 Å². The summed E-state index contributed by atoms with van der Waals surface area (Å²) in [4.78, 5) is 14.6. The molecule has 5 heteroatoms. The highest BCUT2D eigenvalue weighted by Gasteiger charge is 2.19. The summed E-state index contributed by atoms with van der Waals surface area (Å²) in [6.45, 7) is 8.65. The minimum atomic E-state index is 0.135. The van der Waals surface area contributed by atoms with Gasteiger partial charge in [0.1, 0.15) is 0 Å². The molecule has 0 aromatic heterocycles. The molecule has 0 unspecified atom stereocenters. The van der Waals surface area contributed by atoms with E-state index in [1.807, 2.05) is 31.2 Å². The van der Waals surface area contributed by atoms with Gasteiger partial charge in [0.2, 0.25) is 5.91 Å². The molecule has 0 radical (unpaired) electrons. The number of hydrogen-bond acceptors (Lipinski definition) is 4. The molecular formula is C20H32N2O3. The summed E-state index contributed by atoms with van der Waals surface area (Å²) in [5, 5.41) is 3.17. The van der Waals surface area contributed by atoms with Gasteiger partial charge in [-0.05, 0) is 51.3 Å². The van der Waals surface area contributed by atoms with Crippen molar-refractivity contribution in [3.8, 4) is 11.5 Å². The first kappa shape index (κ1) is 19.6. The van der Waals surface area contributed by atoms with Crippen molar-refractivity contribution in [2.75, 3.05) is 32.8 Å². The van der Waals surface area contributed by atoms with Crippen LogP contribution in [-0.4, -0.2) is 49.7 Å². The molecule has 1 heterocycles. The quantitative estimate of drug-likeness (QED) is 0.660. The van der Waals surface area contributed by atoms with E-state index in [0.717, 1.165) is 37.4 Å². The molecule has 1 saturated heterocycles. The fourth-order valence-electron chi connectivity index (χ4n) is 3.18. The Kier molecular flexibility index (Phi) is 8.60. The SMILES string of the molecule is CCCN1CCC(NC(=O)CCCOc2ccccc2OCC)CC1. The molecule has 1 fully saturated rings. The molecular weight excluding hydrogens is 316 g/mol. The van der Waals surface area contributed by atoms with Crippen molar-refractivity contribution >= 4 is 5.91 Å². The molecule has 25 heavy (non-hydrogen) atoms. The van der Waals surface area contributed by atoms with Gasteiger partial charge in [-0.3, -0.25) is 4.79 Å². The maximum Gasteiger partial charge on any atom is 0.220 e. The minimum Gasteiger partial charge on any atom is -0.490 e. The Labute approximate surface area is 151 Å². The number of nitrogens with zero attached hydrogens (tertiary/aromatic N) is 1. The van der Waals surface area contributed by atoms with E-state index in [-0.39, 0.29) is 5.91 Å². The van der Waals surface area contributed by atoms with Crippen LogP contribution in [-0.2, 0) is 4.79 Å². The Morgan fingerprint density at radius 2 is 1.84 bits per heavy atom. The summed E-state index contributed by atoms with van der Waals surface area (Å²) < 4.78 is 11.3. The van der Waals surface area contributed by atoms with Gasteiger partial charge < -0.3 is 19.7 Å². The zero-order valence-corrected chi connectivity index (χ0v) is 15.6. The van der Waals surface area contributed by atoms with Crippen molar-refractivity contribution in [2.45, 2.75) is 52.0 Å². The molecule has 0 atom stereocenters. The molecule has 140 valence electrons. The van der Waals surface area contributed by atoms with Crippen LogP contribution in [0.15, 0.2) is 24.3 Å². The molecule has 1 aromatic rings. The summed E-state index contributed by atoms with van der Waals surface area (Å²) >= 11 is 0. The summed E-state index contributed by atoms with van der Waals surface area (Å²) in [7, 11) is 0. The van der Waals surface area contributed by atoms with E-state index in [4.69, 9.17) is 9.47 Å². The molecule has 2 rings (SSSR count). The molecule has 1 aliphatic rings. The summed E-state index contributed by atoms with van der Waals surface area (Å²) in [5.41, 5.74) is 0. The van der Waals surface area contributed by atoms with Crippen molar-refractivity contribution in [1.29, 1.82) is 0 Å². The number of benzene rings is 1. The molecule has 0 saturated carbocycles. The van der Waals surface area contributed by atoms with Crippen LogP contribution in [0.3, 0.4) is 0 Å². The fourth-order valence-corrected chi connectivity index (χ4v) is 3.18. The second-order valence-corrected chi connectivity index (χ2v) is 6.52. The maximum atomic E-state index is 12.1. The third-order valence-electron chi connectivity index (χ3n) is 4.45. The van der Waals surface area contributed by atoms with E-state index in [1.165, 1.54) is 13.0 Å². The fraction of sp³-hybridized carbons (Fsp3) is 0.650. The highest BCUT2D eigenvalue weighted by Crippen LogP contribution is 2.26. The topological polar surface area (TPSA) is 50.8 Å². The predicted octanol–water partition coefficient (Wildman–Crippen LogP) is 3.23. The summed E-state index contributed by atoms with van der Waals surface area (Å²) in [6.07, 6.45) is 4.53. The van der Waals surface area contributed by atoms with Crippen LogP contribution in [0.25, 0.3) is 0 Å². The highest BCUT2D eigenvalue weighted by molar-refractivity contribution is 5.76. The van der Waals surface area contributed by atoms with E-state index < -0.39 is 0 Å². The smallest absolute Gasteiger partial charge is 0.220 e. The highest BCUT2D eigenvalue weighted by atomic mass is 16.5. The zero-order chi connectivity index (χ0) is 17.9. The maximum absolute atomic E-state index is 12.1. The monoisotopic (exact) mass is 348 g/mol. The number of rotatable bonds is 10. The first-order valence-corrected chi connectivity index (χ1v) is 9.59. The number of ether oxygens (including phenoxy) is 2. The van der Waals surface area contributed by atoms with Gasteiger partial charge in [0, 0.05) is 25.6 Å². The lowest BCUT2D eigenvalue weighted by molar-refractivity contribution is -0.122. The normalized spacial score (nSPS) is 15.8. The number of para-hydroxylation sites is 2. The van der Waals surface area contributed by atoms with Crippen molar-refractivity contribution < 1.29 is 14.3 Å². The Morgan fingerprint density at radius 1 is 1.16 bits per heavy atom. The van der Waals surface area contributed by atoms with E-state index >= 15 is 0 Å². The number of carbonyl (C=O) groups excluding carboxylic acids is 1. The molecule has 5 nitrogen and oxygen atoms in total. The molecule has 1 aliphatic heterocycles. The van der Waals surface area contributed by atoms with Crippen LogP contribution in [0.1, 0.15) is 46.0 Å². The lowest BCUT2D eigenvalue weighted by Gasteiger charge is -2.32. The molecule has 1 N–H and O–H groups in total. The number of nitrogens with one attached hydrogen (secondary N) is 1. The number of amides is 1. The van der Waals surface area contributed by atoms with Gasteiger partial charge in [-0.25, -0.2) is 0 Å². The van der Waals surface area contributed by atoms with Crippen LogP contribution >= 0.6 is 0 Å². The van der Waals surface area contributed by atoms with Crippen LogP contribution in [0, 0.1) is 0 Å². The van der Waals surface area contributed by atoms with Crippen LogP contribution < -0.4 is 14.8 Å². The molecule has 1 amide bonds. The van der Waals surface area contributed by atoms with Gasteiger partial charge in [0.05, 0.1) is 13.2 Å². The molecule has 0 aliphatic carbocycles. The number of carbonyl (C=O) groups is 1. The van der Waals surface area contributed by atoms with Gasteiger partial charge in [0.25, 0.3) is 0 Å². The van der Waals surface area contributed by atoms with Crippen LogP contribution in [0.2, 0.25) is 0 Å². The first-order valence-electron chi connectivity index (χ1n) is 9.59. The Balaban J connectivity index is 1.61. The van der Waals surface area contributed by atoms with Gasteiger partial charge in [-0.15, -0.1) is 0 Å². The third kappa shape index (κ3) is 6.94. The first-order chi connectivity index (χ1) is 12.2. The Bertz CT molecular complexity index is 513. The third-order valence-corrected chi connectivity index (χ3v) is 4.45. The van der Waals surface area contributed by atoms with Crippen molar-refractivity contribution in [1.82, 2.24) is 10.2 Å². The largest absolute Gasteiger partial charge is 0.490 e. The molecule has 0 bridgehead atoms. The number of likely N-dealkylation sites (tertiary alicyclic amines) is 1. The second kappa shape index (κ2) is 11.0.